The molecule has 0 aliphatic rings. The summed E-state index contributed by atoms with van der Waals surface area (Å²) in [7, 11) is 0. The maximum absolute atomic E-state index is 5.94. The lowest BCUT2D eigenvalue weighted by atomic mass is 10.2. The van der Waals surface area contributed by atoms with Gasteiger partial charge in [0.15, 0.2) is 0 Å². The van der Waals surface area contributed by atoms with Crippen LogP contribution in [0.3, 0.4) is 0 Å². The quantitative estimate of drug-likeness (QED) is 0.525. The maximum atomic E-state index is 5.94. The van der Waals surface area contributed by atoms with E-state index < -0.39 is 0 Å². The number of nitrogens with one attached hydrogen (secondary N) is 1. The van der Waals surface area contributed by atoms with Gasteiger partial charge in [0.1, 0.15) is 5.84 Å². The largest absolute Gasteiger partial charge is 0.383 e. The summed E-state index contributed by atoms with van der Waals surface area (Å²) < 4.78 is 0. The predicted octanol–water partition coefficient (Wildman–Crippen LogP) is 3.27. The maximum Gasteiger partial charge on any atom is 0.141 e. The highest BCUT2D eigenvalue weighted by atomic mass is 32.1. The molecule has 0 atom stereocenters. The molecule has 1 aromatic carbocycles. The van der Waals surface area contributed by atoms with Crippen molar-refractivity contribution >= 4 is 33.8 Å². The van der Waals surface area contributed by atoms with E-state index in [2.05, 4.69) is 9.98 Å². The van der Waals surface area contributed by atoms with Crippen molar-refractivity contribution < 1.29 is 0 Å². The third-order valence-electron chi connectivity index (χ3n) is 2.56. The number of fused-ring (bicyclic) bond motifs is 1. The molecule has 0 spiro atoms. The summed E-state index contributed by atoms with van der Waals surface area (Å²) in [5, 5.41) is 3.17. The van der Waals surface area contributed by atoms with Crippen LogP contribution in [-0.4, -0.2) is 10.8 Å². The van der Waals surface area contributed by atoms with Gasteiger partial charge in [0.05, 0.1) is 10.6 Å². The Hall–Kier alpha value is -2.07. The molecule has 0 saturated carbocycles. The van der Waals surface area contributed by atoms with E-state index in [1.54, 1.807) is 11.3 Å². The van der Waals surface area contributed by atoms with Crippen LogP contribution in [0.25, 0.3) is 10.9 Å². The Labute approximate surface area is 103 Å². The highest BCUT2D eigenvalue weighted by Crippen LogP contribution is 2.21. The molecule has 0 aliphatic carbocycles. The van der Waals surface area contributed by atoms with Crippen molar-refractivity contribution in [2.75, 3.05) is 0 Å². The number of aromatic amines is 1. The molecule has 2 aromatic heterocycles. The minimum absolute atomic E-state index is 0.561. The molecule has 0 bridgehead atoms. The van der Waals surface area contributed by atoms with Crippen molar-refractivity contribution in [3.8, 4) is 0 Å². The van der Waals surface area contributed by atoms with Gasteiger partial charge in [0, 0.05) is 11.7 Å². The lowest BCUT2D eigenvalue weighted by molar-refractivity contribution is 1.45. The van der Waals surface area contributed by atoms with Gasteiger partial charge in [-0.3, -0.25) is 0 Å². The van der Waals surface area contributed by atoms with Gasteiger partial charge in [-0.25, -0.2) is 4.99 Å². The predicted molar refractivity (Wildman–Crippen MR) is 73.0 cm³/mol. The fraction of sp³-hybridized carbons (Fsp3) is 0. The second-order valence-electron chi connectivity index (χ2n) is 3.72. The van der Waals surface area contributed by atoms with Crippen LogP contribution in [0.2, 0.25) is 0 Å². The van der Waals surface area contributed by atoms with E-state index in [1.807, 2.05) is 48.0 Å². The molecule has 0 radical (unpaired) electrons. The van der Waals surface area contributed by atoms with Crippen LogP contribution in [0, 0.1) is 0 Å². The van der Waals surface area contributed by atoms with Crippen LogP contribution in [0.4, 0.5) is 5.69 Å². The Bertz CT molecular complexity index is 665. The number of aliphatic imine (C=N–C) groups is 1. The van der Waals surface area contributed by atoms with Crippen LogP contribution in [-0.2, 0) is 0 Å². The Kier molecular flexibility index (Phi) is 2.42. The van der Waals surface area contributed by atoms with Crippen LogP contribution >= 0.6 is 11.3 Å². The zero-order valence-electron chi connectivity index (χ0n) is 9.05. The van der Waals surface area contributed by atoms with Crippen molar-refractivity contribution in [2.24, 2.45) is 10.7 Å². The van der Waals surface area contributed by atoms with E-state index in [0.717, 1.165) is 16.1 Å². The zero-order valence-corrected chi connectivity index (χ0v) is 9.87. The molecule has 2 heterocycles. The van der Waals surface area contributed by atoms with Crippen LogP contribution < -0.4 is 5.73 Å². The van der Waals surface area contributed by atoms with Crippen molar-refractivity contribution in [3.63, 3.8) is 0 Å². The number of H-pyrrole nitrogens is 1. The second kappa shape index (κ2) is 4.07. The van der Waals surface area contributed by atoms with Gasteiger partial charge in [0.2, 0.25) is 0 Å². The molecule has 0 amide bonds. The van der Waals surface area contributed by atoms with Crippen LogP contribution in [0.15, 0.2) is 53.0 Å². The average Bonchev–Trinajstić information content (AvgIpc) is 2.99. The fourth-order valence-corrected chi connectivity index (χ4v) is 2.35. The summed E-state index contributed by atoms with van der Waals surface area (Å²) in [5.74, 6) is 0.561. The topological polar surface area (TPSA) is 54.2 Å². The number of nitrogens with zero attached hydrogens (tertiary/aromatic N) is 1. The normalized spacial score (nSPS) is 12.1. The average molecular weight is 241 g/mol. The van der Waals surface area contributed by atoms with Gasteiger partial charge in [0.25, 0.3) is 0 Å². The van der Waals surface area contributed by atoms with Gasteiger partial charge in [-0.15, -0.1) is 11.3 Å². The van der Waals surface area contributed by atoms with E-state index in [1.165, 1.54) is 5.39 Å². The third-order valence-corrected chi connectivity index (χ3v) is 3.45. The Morgan fingerprint density at radius 2 is 2.18 bits per heavy atom. The van der Waals surface area contributed by atoms with Gasteiger partial charge in [-0.1, -0.05) is 12.1 Å². The first kappa shape index (κ1) is 10.1. The highest BCUT2D eigenvalue weighted by molar-refractivity contribution is 7.12. The van der Waals surface area contributed by atoms with Gasteiger partial charge in [-0.2, -0.15) is 0 Å². The molecule has 3 nitrogen and oxygen atoms in total. The van der Waals surface area contributed by atoms with E-state index in [-0.39, 0.29) is 0 Å². The van der Waals surface area contributed by atoms with Crippen molar-refractivity contribution in [1.82, 2.24) is 4.98 Å². The number of hydrogen-bond donors (Lipinski definition) is 2. The molecular weight excluding hydrogens is 230 g/mol. The minimum Gasteiger partial charge on any atom is -0.383 e. The molecule has 3 rings (SSSR count). The first-order valence-electron chi connectivity index (χ1n) is 5.28. The summed E-state index contributed by atoms with van der Waals surface area (Å²) in [6, 6.07) is 12.0. The minimum atomic E-state index is 0.561. The third kappa shape index (κ3) is 1.94. The van der Waals surface area contributed by atoms with Crippen LogP contribution in [0.1, 0.15) is 4.88 Å². The first-order chi connectivity index (χ1) is 8.33. The Morgan fingerprint density at radius 3 is 3.00 bits per heavy atom. The van der Waals surface area contributed by atoms with Gasteiger partial charge in [-0.05, 0) is 35.0 Å². The van der Waals surface area contributed by atoms with Crippen molar-refractivity contribution in [1.29, 1.82) is 0 Å². The van der Waals surface area contributed by atoms with E-state index >= 15 is 0 Å². The fourth-order valence-electron chi connectivity index (χ4n) is 1.72. The lowest BCUT2D eigenvalue weighted by Gasteiger charge is -1.98. The second-order valence-corrected chi connectivity index (χ2v) is 4.67. The Morgan fingerprint density at radius 1 is 1.24 bits per heavy atom. The monoisotopic (exact) mass is 241 g/mol. The number of hydrogen-bond acceptors (Lipinski definition) is 2. The number of aromatic nitrogens is 1. The molecular formula is C13H11N3S. The molecule has 4 heteroatoms. The van der Waals surface area contributed by atoms with E-state index in [4.69, 9.17) is 5.73 Å². The van der Waals surface area contributed by atoms with E-state index in [9.17, 15) is 0 Å². The lowest BCUT2D eigenvalue weighted by Crippen LogP contribution is -2.10. The summed E-state index contributed by atoms with van der Waals surface area (Å²) >= 11 is 1.59. The molecule has 0 unspecified atom stereocenters. The molecule has 0 aliphatic heterocycles. The molecule has 0 fully saturated rings. The zero-order chi connectivity index (χ0) is 11.7. The molecule has 3 aromatic rings. The summed E-state index contributed by atoms with van der Waals surface area (Å²) in [4.78, 5) is 8.57. The molecule has 17 heavy (non-hydrogen) atoms. The van der Waals surface area contributed by atoms with Crippen LogP contribution in [0.5, 0.6) is 0 Å². The van der Waals surface area contributed by atoms with Gasteiger partial charge < -0.3 is 10.7 Å². The van der Waals surface area contributed by atoms with Gasteiger partial charge >= 0.3 is 0 Å². The highest BCUT2D eigenvalue weighted by Gasteiger charge is 2.00. The number of thiophene rings is 1. The van der Waals surface area contributed by atoms with Crippen molar-refractivity contribution in [2.45, 2.75) is 0 Å². The molecule has 84 valence electrons. The Balaban J connectivity index is 2.01. The number of amidine groups is 1. The number of rotatable bonds is 2. The number of benzene rings is 1. The molecule has 3 N–H and O–H groups in total. The molecule has 0 saturated heterocycles. The summed E-state index contributed by atoms with van der Waals surface area (Å²) in [6.45, 7) is 0. The number of nitrogens with two attached hydrogens (primary N) is 1. The smallest absolute Gasteiger partial charge is 0.141 e. The summed E-state index contributed by atoms with van der Waals surface area (Å²) in [5.41, 5.74) is 7.88. The van der Waals surface area contributed by atoms with Crippen molar-refractivity contribution in [3.05, 3.63) is 52.9 Å². The van der Waals surface area contributed by atoms with E-state index in [0.29, 0.717) is 5.84 Å². The SMILES string of the molecule is NC(=Nc1ccc2cc[nH]c2c1)c1cccs1. The summed E-state index contributed by atoms with van der Waals surface area (Å²) in [6.07, 6.45) is 1.92. The standard InChI is InChI=1S/C13H11N3S/c14-13(12-2-1-7-17-12)16-10-4-3-9-5-6-15-11(9)8-10/h1-8,15H,(H2,14,16). The first-order valence-corrected chi connectivity index (χ1v) is 6.16.